The van der Waals surface area contributed by atoms with Gasteiger partial charge in [-0.3, -0.25) is 4.48 Å². The maximum absolute atomic E-state index is 11.0. The number of unbranched alkanes of at least 4 members (excludes halogenated alkanes) is 1. The Morgan fingerprint density at radius 2 is 2.06 bits per heavy atom. The molecule has 0 bridgehead atoms. The second-order valence-corrected chi connectivity index (χ2v) is 3.96. The van der Waals surface area contributed by atoms with Crippen LogP contribution in [0.3, 0.4) is 0 Å². The zero-order valence-electron chi connectivity index (χ0n) is 10.2. The van der Waals surface area contributed by atoms with Crippen LogP contribution in [0.15, 0.2) is 25.3 Å². The molecule has 3 nitrogen and oxygen atoms in total. The van der Waals surface area contributed by atoms with Gasteiger partial charge in [-0.1, -0.05) is 26.5 Å². The number of ether oxygens (including phenoxy) is 1. The molecule has 1 unspecified atom stereocenters. The molecule has 0 N–H and O–H groups in total. The number of rotatable bonds is 8. The number of likely N-dealkylation sites (N-methyl/N-ethyl adjacent to an activating group) is 1. The predicted molar refractivity (Wildman–Crippen MR) is 62.2 cm³/mol. The molecule has 0 fully saturated rings. The number of carbonyl (C=O) groups excluding carboxylic acids is 1. The number of carbonyl (C=O) groups is 1. The quantitative estimate of drug-likeness (QED) is 0.183. The average molecular weight is 248 g/mol. The summed E-state index contributed by atoms with van der Waals surface area (Å²) in [7, 11) is 2.06. The van der Waals surface area contributed by atoms with Crippen molar-refractivity contribution in [1.82, 2.24) is 0 Å². The van der Waals surface area contributed by atoms with Crippen molar-refractivity contribution in [2.75, 3.05) is 26.9 Å². The molecule has 0 rings (SSSR count). The van der Waals surface area contributed by atoms with Crippen molar-refractivity contribution in [3.63, 3.8) is 0 Å². The van der Waals surface area contributed by atoms with E-state index in [1.54, 1.807) is 0 Å². The summed E-state index contributed by atoms with van der Waals surface area (Å²) in [6, 6.07) is 0. The highest BCUT2D eigenvalue weighted by Gasteiger charge is 2.20. The summed E-state index contributed by atoms with van der Waals surface area (Å²) in [5.41, 5.74) is 0. The fourth-order valence-corrected chi connectivity index (χ4v) is 1.34. The van der Waals surface area contributed by atoms with Crippen LogP contribution in [0.1, 0.15) is 19.8 Å². The van der Waals surface area contributed by atoms with Crippen molar-refractivity contribution in [2.45, 2.75) is 19.8 Å². The number of nitrogens with zero attached hydrogens (tertiary/aromatic N) is 1. The van der Waals surface area contributed by atoms with E-state index in [9.17, 15) is 4.79 Å². The van der Waals surface area contributed by atoms with Gasteiger partial charge in [0.05, 0.1) is 20.1 Å². The molecule has 0 heterocycles. The van der Waals surface area contributed by atoms with Crippen LogP contribution in [0.4, 0.5) is 0 Å². The van der Waals surface area contributed by atoms with Gasteiger partial charge in [0.15, 0.2) is 0 Å². The maximum Gasteiger partial charge on any atom is 0.334 e. The van der Waals surface area contributed by atoms with E-state index >= 15 is 0 Å². The first-order chi connectivity index (χ1) is 7.08. The molecule has 0 saturated carbocycles. The van der Waals surface area contributed by atoms with Crippen molar-refractivity contribution in [3.8, 4) is 0 Å². The topological polar surface area (TPSA) is 26.3 Å². The fourth-order valence-electron chi connectivity index (χ4n) is 1.34. The lowest BCUT2D eigenvalue weighted by molar-refractivity contribution is -0.920. The molecule has 0 saturated heterocycles. The molecule has 1 atom stereocenters. The molecule has 94 valence electrons. The first-order valence-electron chi connectivity index (χ1n) is 5.31. The summed E-state index contributed by atoms with van der Waals surface area (Å²) in [4.78, 5) is 11.0. The highest BCUT2D eigenvalue weighted by atomic mass is 35.5. The van der Waals surface area contributed by atoms with Gasteiger partial charge in [-0.25, -0.2) is 4.79 Å². The highest BCUT2D eigenvalue weighted by Crippen LogP contribution is 2.06. The van der Waals surface area contributed by atoms with E-state index in [1.807, 2.05) is 6.08 Å². The number of hydrogen-bond acceptors (Lipinski definition) is 2. The average Bonchev–Trinajstić information content (AvgIpc) is 2.24. The van der Waals surface area contributed by atoms with E-state index in [1.165, 1.54) is 6.08 Å². The van der Waals surface area contributed by atoms with Crippen molar-refractivity contribution in [2.24, 2.45) is 0 Å². The summed E-state index contributed by atoms with van der Waals surface area (Å²) in [6.45, 7) is 11.4. The first-order valence-corrected chi connectivity index (χ1v) is 5.31. The Hall–Kier alpha value is -0.800. The molecule has 0 aliphatic rings. The molecule has 0 spiro atoms. The summed E-state index contributed by atoms with van der Waals surface area (Å²) < 4.78 is 5.76. The van der Waals surface area contributed by atoms with Crippen LogP contribution in [0.25, 0.3) is 0 Å². The van der Waals surface area contributed by atoms with E-state index in [0.29, 0.717) is 11.2 Å². The predicted octanol–water partition coefficient (Wildman–Crippen LogP) is -0.890. The zero-order chi connectivity index (χ0) is 11.7. The summed E-state index contributed by atoms with van der Waals surface area (Å²) >= 11 is 0. The van der Waals surface area contributed by atoms with E-state index in [2.05, 4.69) is 27.1 Å². The zero-order valence-corrected chi connectivity index (χ0v) is 11.0. The normalized spacial score (nSPS) is 13.1. The van der Waals surface area contributed by atoms with Crippen molar-refractivity contribution < 1.29 is 26.4 Å². The largest absolute Gasteiger partial charge is 1.00 e. The van der Waals surface area contributed by atoms with E-state index in [4.69, 9.17) is 4.74 Å². The lowest BCUT2D eigenvalue weighted by Gasteiger charge is -2.32. The lowest BCUT2D eigenvalue weighted by atomic mass is 10.3. The van der Waals surface area contributed by atoms with Crippen LogP contribution in [-0.2, 0) is 9.53 Å². The maximum atomic E-state index is 11.0. The minimum absolute atomic E-state index is 0. The van der Waals surface area contributed by atoms with Crippen molar-refractivity contribution in [1.29, 1.82) is 0 Å². The van der Waals surface area contributed by atoms with Crippen LogP contribution < -0.4 is 12.4 Å². The molecule has 16 heavy (non-hydrogen) atoms. The Kier molecular flexibility index (Phi) is 10.4. The number of quaternary nitrogens is 1. The smallest absolute Gasteiger partial charge is 0.334 e. The second-order valence-electron chi connectivity index (χ2n) is 3.96. The molecule has 0 radical (unpaired) electrons. The third kappa shape index (κ3) is 7.49. The minimum atomic E-state index is -0.361. The Balaban J connectivity index is 0. The number of esters is 1. The number of halogens is 1. The molecule has 0 aliphatic heterocycles. The van der Waals surface area contributed by atoms with Crippen molar-refractivity contribution in [3.05, 3.63) is 25.3 Å². The Morgan fingerprint density at radius 3 is 2.50 bits per heavy atom. The van der Waals surface area contributed by atoms with Gasteiger partial charge >= 0.3 is 5.97 Å². The van der Waals surface area contributed by atoms with Gasteiger partial charge in [-0.05, 0) is 12.5 Å². The minimum Gasteiger partial charge on any atom is -1.00 e. The summed E-state index contributed by atoms with van der Waals surface area (Å²) in [5, 5.41) is 0. The van der Waals surface area contributed by atoms with Gasteiger partial charge in [0.25, 0.3) is 0 Å². The van der Waals surface area contributed by atoms with Crippen molar-refractivity contribution >= 4 is 5.97 Å². The molecular weight excluding hydrogens is 226 g/mol. The van der Waals surface area contributed by atoms with Crippen LogP contribution in [0.2, 0.25) is 0 Å². The molecule has 0 aromatic rings. The van der Waals surface area contributed by atoms with Gasteiger partial charge in [0.2, 0.25) is 6.73 Å². The van der Waals surface area contributed by atoms with E-state index < -0.39 is 0 Å². The van der Waals surface area contributed by atoms with Crippen LogP contribution in [0, 0.1) is 0 Å². The SMILES string of the molecule is C=CC[N+](C)(CCCC)COC(=O)C=C.[Cl-]. The van der Waals surface area contributed by atoms with E-state index in [0.717, 1.165) is 25.9 Å². The first kappa shape index (κ1) is 17.6. The second kappa shape index (κ2) is 9.43. The Bertz CT molecular complexity index is 231. The standard InChI is InChI=1S/C12H22NO2.ClH/c1-5-8-10-13(4,9-6-2)11-15-12(14)7-3;/h6-7H,2-3,5,8-11H2,1,4H3;1H/q+1;/p-1. The van der Waals surface area contributed by atoms with Crippen LogP contribution >= 0.6 is 0 Å². The molecule has 0 aromatic carbocycles. The molecular formula is C12H22ClNO2. The molecule has 4 heteroatoms. The Morgan fingerprint density at radius 1 is 1.44 bits per heavy atom. The van der Waals surface area contributed by atoms with Gasteiger partial charge in [0, 0.05) is 6.08 Å². The van der Waals surface area contributed by atoms with Gasteiger partial charge in [-0.15, -0.1) is 0 Å². The van der Waals surface area contributed by atoms with Gasteiger partial charge in [-0.2, -0.15) is 0 Å². The third-order valence-electron chi connectivity index (χ3n) is 2.31. The fraction of sp³-hybridized carbons (Fsp3) is 0.583. The molecule has 0 aliphatic carbocycles. The Labute approximate surface area is 105 Å². The van der Waals surface area contributed by atoms with Gasteiger partial charge in [0.1, 0.15) is 0 Å². The summed E-state index contributed by atoms with van der Waals surface area (Å²) in [6.07, 6.45) is 5.31. The van der Waals surface area contributed by atoms with Gasteiger partial charge < -0.3 is 17.1 Å². The number of hydrogen-bond donors (Lipinski definition) is 0. The third-order valence-corrected chi connectivity index (χ3v) is 2.31. The lowest BCUT2D eigenvalue weighted by Crippen LogP contribution is -3.00. The monoisotopic (exact) mass is 247 g/mol. The highest BCUT2D eigenvalue weighted by molar-refractivity contribution is 5.81. The summed E-state index contributed by atoms with van der Waals surface area (Å²) in [5.74, 6) is -0.361. The molecule has 0 amide bonds. The van der Waals surface area contributed by atoms with Crippen LogP contribution in [-0.4, -0.2) is 37.3 Å². The molecule has 0 aromatic heterocycles. The van der Waals surface area contributed by atoms with E-state index in [-0.39, 0.29) is 18.4 Å². The van der Waals surface area contributed by atoms with Crippen LogP contribution in [0.5, 0.6) is 0 Å².